The van der Waals surface area contributed by atoms with Crippen molar-refractivity contribution < 1.29 is 4.74 Å². The Labute approximate surface area is 158 Å². The number of benzene rings is 2. The highest BCUT2D eigenvalue weighted by Gasteiger charge is 1.95. The van der Waals surface area contributed by atoms with Gasteiger partial charge >= 0.3 is 0 Å². The minimum Gasteiger partial charge on any atom is -0.494 e. The van der Waals surface area contributed by atoms with Gasteiger partial charge in [0.15, 0.2) is 0 Å². The number of unbranched alkanes of at least 4 members (excludes halogenated alkanes) is 5. The Bertz CT molecular complexity index is 761. The minimum atomic E-state index is 0.791. The van der Waals surface area contributed by atoms with Gasteiger partial charge in [0.05, 0.1) is 6.61 Å². The van der Waals surface area contributed by atoms with Gasteiger partial charge in [0.25, 0.3) is 0 Å². The monoisotopic (exact) mass is 344 g/mol. The zero-order valence-electron chi connectivity index (χ0n) is 16.0. The molecule has 2 aromatic rings. The molecule has 0 atom stereocenters. The molecular formula is C25H28O. The number of rotatable bonds is 8. The van der Waals surface area contributed by atoms with Crippen LogP contribution in [0.3, 0.4) is 0 Å². The van der Waals surface area contributed by atoms with Gasteiger partial charge in [0.2, 0.25) is 0 Å². The van der Waals surface area contributed by atoms with E-state index < -0.39 is 0 Å². The summed E-state index contributed by atoms with van der Waals surface area (Å²) in [6.07, 6.45) is 7.68. The molecule has 0 spiro atoms. The van der Waals surface area contributed by atoms with Crippen LogP contribution in [0, 0.1) is 30.6 Å². The van der Waals surface area contributed by atoms with Crippen LogP contribution in [-0.2, 0) is 0 Å². The van der Waals surface area contributed by atoms with Crippen LogP contribution in [0.4, 0.5) is 0 Å². The highest BCUT2D eigenvalue weighted by molar-refractivity contribution is 5.45. The Hall–Kier alpha value is -2.64. The quantitative estimate of drug-likeness (QED) is 0.413. The van der Waals surface area contributed by atoms with Gasteiger partial charge in [0, 0.05) is 11.1 Å². The lowest BCUT2D eigenvalue weighted by atomic mass is 10.1. The topological polar surface area (TPSA) is 9.23 Å². The molecular weight excluding hydrogens is 316 g/mol. The number of hydrogen-bond donors (Lipinski definition) is 0. The summed E-state index contributed by atoms with van der Waals surface area (Å²) in [4.78, 5) is 0. The Morgan fingerprint density at radius 2 is 1.23 bits per heavy atom. The zero-order chi connectivity index (χ0) is 18.5. The van der Waals surface area contributed by atoms with Gasteiger partial charge < -0.3 is 4.74 Å². The van der Waals surface area contributed by atoms with Crippen molar-refractivity contribution in [2.45, 2.75) is 52.4 Å². The summed E-state index contributed by atoms with van der Waals surface area (Å²) < 4.78 is 5.78. The van der Waals surface area contributed by atoms with Crippen LogP contribution < -0.4 is 4.74 Å². The molecule has 26 heavy (non-hydrogen) atoms. The third-order valence-corrected chi connectivity index (χ3v) is 4.15. The maximum atomic E-state index is 5.78. The van der Waals surface area contributed by atoms with Gasteiger partial charge in [-0.2, -0.15) is 0 Å². The van der Waals surface area contributed by atoms with E-state index in [-0.39, 0.29) is 0 Å². The minimum absolute atomic E-state index is 0.791. The maximum absolute atomic E-state index is 5.78. The average molecular weight is 344 g/mol. The van der Waals surface area contributed by atoms with Crippen LogP contribution >= 0.6 is 0 Å². The van der Waals surface area contributed by atoms with Crippen molar-refractivity contribution >= 4 is 0 Å². The van der Waals surface area contributed by atoms with Gasteiger partial charge in [-0.15, -0.1) is 0 Å². The van der Waals surface area contributed by atoms with Gasteiger partial charge in [-0.3, -0.25) is 0 Å². The van der Waals surface area contributed by atoms with Crippen molar-refractivity contribution in [3.8, 4) is 29.4 Å². The number of hydrogen-bond acceptors (Lipinski definition) is 1. The largest absolute Gasteiger partial charge is 0.494 e. The first-order chi connectivity index (χ1) is 12.8. The molecule has 1 heteroatoms. The Balaban J connectivity index is 1.73. The highest BCUT2D eigenvalue weighted by Crippen LogP contribution is 2.13. The van der Waals surface area contributed by atoms with E-state index in [0.717, 1.165) is 29.9 Å². The number of aryl methyl sites for hydroxylation is 1. The molecule has 0 aliphatic heterocycles. The van der Waals surface area contributed by atoms with Gasteiger partial charge in [-0.25, -0.2) is 0 Å². The molecule has 0 radical (unpaired) electrons. The fourth-order valence-corrected chi connectivity index (χ4v) is 2.55. The third kappa shape index (κ3) is 7.96. The van der Waals surface area contributed by atoms with E-state index >= 15 is 0 Å². The second-order valence-corrected chi connectivity index (χ2v) is 6.51. The first-order valence-electron chi connectivity index (χ1n) is 9.59. The van der Waals surface area contributed by atoms with Crippen LogP contribution in [0.2, 0.25) is 0 Å². The number of ether oxygens (including phenoxy) is 1. The summed E-state index contributed by atoms with van der Waals surface area (Å²) in [5.41, 5.74) is 3.18. The summed E-state index contributed by atoms with van der Waals surface area (Å²) in [6, 6.07) is 16.1. The second kappa shape index (κ2) is 11.8. The molecule has 0 saturated carbocycles. The fourth-order valence-electron chi connectivity index (χ4n) is 2.55. The van der Waals surface area contributed by atoms with Crippen molar-refractivity contribution in [2.24, 2.45) is 0 Å². The maximum Gasteiger partial charge on any atom is 0.119 e. The smallest absolute Gasteiger partial charge is 0.119 e. The molecule has 0 bridgehead atoms. The van der Waals surface area contributed by atoms with E-state index in [9.17, 15) is 0 Å². The van der Waals surface area contributed by atoms with Crippen LogP contribution in [0.1, 0.15) is 62.1 Å². The lowest BCUT2D eigenvalue weighted by Gasteiger charge is -2.06. The van der Waals surface area contributed by atoms with Crippen LogP contribution in [0.25, 0.3) is 0 Å². The van der Waals surface area contributed by atoms with E-state index in [0.29, 0.717) is 0 Å². The van der Waals surface area contributed by atoms with Crippen molar-refractivity contribution in [2.75, 3.05) is 6.61 Å². The molecule has 0 heterocycles. The predicted octanol–water partition coefficient (Wildman–Crippen LogP) is 6.14. The molecule has 0 unspecified atom stereocenters. The molecule has 134 valence electrons. The zero-order valence-corrected chi connectivity index (χ0v) is 16.0. The molecule has 0 aromatic heterocycles. The molecule has 1 nitrogen and oxygen atoms in total. The lowest BCUT2D eigenvalue weighted by Crippen LogP contribution is -1.97. The molecule has 0 N–H and O–H groups in total. The van der Waals surface area contributed by atoms with Gasteiger partial charge in [0.1, 0.15) is 5.75 Å². The van der Waals surface area contributed by atoms with E-state index in [4.69, 9.17) is 4.74 Å². The summed E-state index contributed by atoms with van der Waals surface area (Å²) in [5.74, 6) is 12.9. The van der Waals surface area contributed by atoms with E-state index in [2.05, 4.69) is 49.7 Å². The van der Waals surface area contributed by atoms with E-state index in [1.165, 1.54) is 37.7 Å². The first-order valence-corrected chi connectivity index (χ1v) is 9.59. The lowest BCUT2D eigenvalue weighted by molar-refractivity contribution is 0.304. The van der Waals surface area contributed by atoms with Crippen molar-refractivity contribution in [3.05, 3.63) is 65.2 Å². The first kappa shape index (κ1) is 19.7. The summed E-state index contributed by atoms with van der Waals surface area (Å²) in [5, 5.41) is 0. The fraction of sp³-hybridized carbons (Fsp3) is 0.360. The van der Waals surface area contributed by atoms with Crippen molar-refractivity contribution in [3.63, 3.8) is 0 Å². The summed E-state index contributed by atoms with van der Waals surface area (Å²) in [6.45, 7) is 5.10. The predicted molar refractivity (Wildman–Crippen MR) is 110 cm³/mol. The molecule has 0 fully saturated rings. The van der Waals surface area contributed by atoms with Gasteiger partial charge in [-0.1, -0.05) is 68.6 Å². The third-order valence-electron chi connectivity index (χ3n) is 4.15. The molecule has 0 amide bonds. The normalized spacial score (nSPS) is 9.62. The highest BCUT2D eigenvalue weighted by atomic mass is 16.5. The standard InChI is InChI=1S/C25H28O/c1-3-4-5-6-7-10-21-26-25-19-17-24(18-20-25)12-9-8-11-23-15-13-22(2)14-16-23/h13-20H,3-7,10,21H2,1-2H3. The summed E-state index contributed by atoms with van der Waals surface area (Å²) in [7, 11) is 0. The van der Waals surface area contributed by atoms with Crippen LogP contribution in [0.5, 0.6) is 5.75 Å². The Kier molecular flexibility index (Phi) is 8.96. The van der Waals surface area contributed by atoms with Crippen LogP contribution in [0.15, 0.2) is 48.5 Å². The Morgan fingerprint density at radius 1 is 0.692 bits per heavy atom. The van der Waals surface area contributed by atoms with E-state index in [1.54, 1.807) is 0 Å². The average Bonchev–Trinajstić information content (AvgIpc) is 2.67. The Morgan fingerprint density at radius 3 is 1.85 bits per heavy atom. The van der Waals surface area contributed by atoms with Gasteiger partial charge in [-0.05, 0) is 61.6 Å². The SMILES string of the molecule is CCCCCCCCOc1ccc(C#CC#Cc2ccc(C)cc2)cc1. The molecule has 0 aliphatic rings. The molecule has 2 rings (SSSR count). The molecule has 2 aromatic carbocycles. The van der Waals surface area contributed by atoms with Crippen molar-refractivity contribution in [1.29, 1.82) is 0 Å². The molecule has 0 saturated heterocycles. The summed E-state index contributed by atoms with van der Waals surface area (Å²) >= 11 is 0. The van der Waals surface area contributed by atoms with E-state index in [1.807, 2.05) is 36.4 Å². The van der Waals surface area contributed by atoms with Crippen molar-refractivity contribution in [1.82, 2.24) is 0 Å². The molecule has 0 aliphatic carbocycles. The van der Waals surface area contributed by atoms with Crippen LogP contribution in [-0.4, -0.2) is 6.61 Å². The second-order valence-electron chi connectivity index (χ2n) is 6.51.